The Kier molecular flexibility index (Phi) is 6.11. The van der Waals surface area contributed by atoms with Crippen LogP contribution in [0.25, 0.3) is 0 Å². The summed E-state index contributed by atoms with van der Waals surface area (Å²) in [7, 11) is 3.16. The van der Waals surface area contributed by atoms with Crippen molar-refractivity contribution in [3.05, 3.63) is 89.4 Å². The largest absolute Gasteiger partial charge is 0.497 e. The molecule has 144 valence electrons. The molecule has 0 fully saturated rings. The number of nitrogens with one attached hydrogen (secondary N) is 1. The fourth-order valence-corrected chi connectivity index (χ4v) is 2.86. The second-order valence-electron chi connectivity index (χ2n) is 6.25. The number of amides is 2. The number of carbonyl (C=O) groups excluding carboxylic acids is 2. The third-order valence-corrected chi connectivity index (χ3v) is 4.35. The first-order valence-electron chi connectivity index (χ1n) is 8.87. The predicted molar refractivity (Wildman–Crippen MR) is 105 cm³/mol. The summed E-state index contributed by atoms with van der Waals surface area (Å²) in [5, 5.41) is 2.59. The van der Waals surface area contributed by atoms with E-state index in [1.165, 1.54) is 0 Å². The first kappa shape index (κ1) is 19.2. The smallest absolute Gasteiger partial charge is 0.254 e. The van der Waals surface area contributed by atoms with E-state index in [-0.39, 0.29) is 11.8 Å². The van der Waals surface area contributed by atoms with Crippen LogP contribution in [-0.2, 0) is 13.1 Å². The highest BCUT2D eigenvalue weighted by atomic mass is 16.5. The second-order valence-corrected chi connectivity index (χ2v) is 6.25. The van der Waals surface area contributed by atoms with E-state index in [4.69, 9.17) is 9.15 Å². The van der Waals surface area contributed by atoms with Gasteiger partial charge in [-0.3, -0.25) is 9.59 Å². The summed E-state index contributed by atoms with van der Waals surface area (Å²) < 4.78 is 10.7. The third-order valence-electron chi connectivity index (χ3n) is 4.35. The van der Waals surface area contributed by atoms with Gasteiger partial charge in [0.05, 0.1) is 19.9 Å². The zero-order valence-corrected chi connectivity index (χ0v) is 15.8. The Morgan fingerprint density at radius 3 is 2.43 bits per heavy atom. The number of carbonyl (C=O) groups is 2. The van der Waals surface area contributed by atoms with E-state index in [2.05, 4.69) is 5.32 Å². The second kappa shape index (κ2) is 8.90. The molecule has 0 aliphatic carbocycles. The van der Waals surface area contributed by atoms with Gasteiger partial charge in [-0.25, -0.2) is 0 Å². The van der Waals surface area contributed by atoms with Gasteiger partial charge in [0.2, 0.25) is 0 Å². The highest BCUT2D eigenvalue weighted by Crippen LogP contribution is 2.18. The fraction of sp³-hybridized carbons (Fsp3) is 0.182. The lowest BCUT2D eigenvalue weighted by Crippen LogP contribution is -2.30. The molecule has 0 aliphatic rings. The predicted octanol–water partition coefficient (Wildman–Crippen LogP) is 3.49. The standard InChI is InChI=1S/C22H22N2O4/c1-23-21(25)17-10-8-16(9-11-17)14-24(15-20-7-4-12-28-20)22(26)18-5-3-6-19(13-18)27-2/h3-13H,14-15H2,1-2H3,(H,23,25). The Labute approximate surface area is 163 Å². The van der Waals surface area contributed by atoms with Gasteiger partial charge in [0.1, 0.15) is 11.5 Å². The van der Waals surface area contributed by atoms with Crippen molar-refractivity contribution < 1.29 is 18.7 Å². The van der Waals surface area contributed by atoms with Crippen LogP contribution in [0.2, 0.25) is 0 Å². The van der Waals surface area contributed by atoms with Gasteiger partial charge in [0.15, 0.2) is 0 Å². The molecule has 1 heterocycles. The van der Waals surface area contributed by atoms with Crippen LogP contribution in [-0.4, -0.2) is 30.9 Å². The van der Waals surface area contributed by atoms with E-state index in [0.717, 1.165) is 5.56 Å². The molecule has 0 radical (unpaired) electrons. The molecule has 3 aromatic rings. The number of benzene rings is 2. The molecule has 6 nitrogen and oxygen atoms in total. The van der Waals surface area contributed by atoms with Crippen molar-refractivity contribution in [3.8, 4) is 5.75 Å². The Balaban J connectivity index is 1.84. The van der Waals surface area contributed by atoms with Crippen LogP contribution < -0.4 is 10.1 Å². The molecule has 2 aromatic carbocycles. The lowest BCUT2D eigenvalue weighted by molar-refractivity contribution is 0.0717. The highest BCUT2D eigenvalue weighted by Gasteiger charge is 2.18. The molecule has 3 rings (SSSR count). The molecule has 1 N–H and O–H groups in total. The minimum Gasteiger partial charge on any atom is -0.497 e. The van der Waals surface area contributed by atoms with Crippen molar-refractivity contribution >= 4 is 11.8 Å². The highest BCUT2D eigenvalue weighted by molar-refractivity contribution is 5.95. The van der Waals surface area contributed by atoms with Crippen LogP contribution in [0.15, 0.2) is 71.3 Å². The van der Waals surface area contributed by atoms with Crippen molar-refractivity contribution in [3.63, 3.8) is 0 Å². The van der Waals surface area contributed by atoms with Gasteiger partial charge in [-0.1, -0.05) is 18.2 Å². The van der Waals surface area contributed by atoms with Crippen LogP contribution >= 0.6 is 0 Å². The van der Waals surface area contributed by atoms with E-state index in [1.54, 1.807) is 67.8 Å². The molecule has 28 heavy (non-hydrogen) atoms. The number of hydrogen-bond acceptors (Lipinski definition) is 4. The van der Waals surface area contributed by atoms with E-state index < -0.39 is 0 Å². The monoisotopic (exact) mass is 378 g/mol. The summed E-state index contributed by atoms with van der Waals surface area (Å²) in [5.41, 5.74) is 2.02. The molecule has 0 bridgehead atoms. The number of furan rings is 1. The van der Waals surface area contributed by atoms with Crippen molar-refractivity contribution in [1.29, 1.82) is 0 Å². The quantitative estimate of drug-likeness (QED) is 0.683. The van der Waals surface area contributed by atoms with Crippen molar-refractivity contribution in [2.24, 2.45) is 0 Å². The van der Waals surface area contributed by atoms with Gasteiger partial charge < -0.3 is 19.4 Å². The Morgan fingerprint density at radius 1 is 1.00 bits per heavy atom. The topological polar surface area (TPSA) is 71.8 Å². The molecule has 0 unspecified atom stereocenters. The van der Waals surface area contributed by atoms with Crippen molar-refractivity contribution in [2.75, 3.05) is 14.2 Å². The van der Waals surface area contributed by atoms with E-state index in [0.29, 0.717) is 35.7 Å². The summed E-state index contributed by atoms with van der Waals surface area (Å²) in [4.78, 5) is 26.5. The van der Waals surface area contributed by atoms with E-state index in [9.17, 15) is 9.59 Å². The van der Waals surface area contributed by atoms with Gasteiger partial charge >= 0.3 is 0 Å². The normalized spacial score (nSPS) is 10.4. The average molecular weight is 378 g/mol. The van der Waals surface area contributed by atoms with Gasteiger partial charge in [0.25, 0.3) is 11.8 Å². The molecule has 2 amide bonds. The Bertz CT molecular complexity index is 933. The maximum atomic E-state index is 13.1. The van der Waals surface area contributed by atoms with Crippen molar-refractivity contribution in [2.45, 2.75) is 13.1 Å². The minimum atomic E-state index is -0.147. The number of methoxy groups -OCH3 is 1. The van der Waals surface area contributed by atoms with Crippen LogP contribution in [0, 0.1) is 0 Å². The molecule has 1 aromatic heterocycles. The van der Waals surface area contributed by atoms with Gasteiger partial charge in [-0.2, -0.15) is 0 Å². The summed E-state index contributed by atoms with van der Waals surface area (Å²) in [6.07, 6.45) is 1.59. The number of hydrogen-bond donors (Lipinski definition) is 1. The summed E-state index contributed by atoms with van der Waals surface area (Å²) >= 11 is 0. The molecule has 0 atom stereocenters. The lowest BCUT2D eigenvalue weighted by Gasteiger charge is -2.22. The fourth-order valence-electron chi connectivity index (χ4n) is 2.86. The van der Waals surface area contributed by atoms with Crippen LogP contribution in [0.1, 0.15) is 32.0 Å². The Hall–Kier alpha value is -3.54. The maximum absolute atomic E-state index is 13.1. The summed E-state index contributed by atoms with van der Waals surface area (Å²) in [6.45, 7) is 0.713. The van der Waals surface area contributed by atoms with Gasteiger partial charge in [-0.15, -0.1) is 0 Å². The van der Waals surface area contributed by atoms with Gasteiger partial charge in [0, 0.05) is 24.7 Å². The number of rotatable bonds is 7. The SMILES string of the molecule is CNC(=O)c1ccc(CN(Cc2ccco2)C(=O)c2cccc(OC)c2)cc1. The first-order valence-corrected chi connectivity index (χ1v) is 8.87. The molecular weight excluding hydrogens is 356 g/mol. The maximum Gasteiger partial charge on any atom is 0.254 e. The summed E-state index contributed by atoms with van der Waals surface area (Å²) in [5.74, 6) is 1.04. The Morgan fingerprint density at radius 2 is 1.79 bits per heavy atom. The summed E-state index contributed by atoms with van der Waals surface area (Å²) in [6, 6.07) is 17.9. The van der Waals surface area contributed by atoms with Crippen LogP contribution in [0.3, 0.4) is 0 Å². The van der Waals surface area contributed by atoms with E-state index in [1.807, 2.05) is 18.2 Å². The lowest BCUT2D eigenvalue weighted by atomic mass is 10.1. The zero-order chi connectivity index (χ0) is 19.9. The van der Waals surface area contributed by atoms with E-state index >= 15 is 0 Å². The number of nitrogens with zero attached hydrogens (tertiary/aromatic N) is 1. The third kappa shape index (κ3) is 4.59. The van der Waals surface area contributed by atoms with Crippen LogP contribution in [0.4, 0.5) is 0 Å². The minimum absolute atomic E-state index is 0.134. The molecule has 0 spiro atoms. The van der Waals surface area contributed by atoms with Crippen molar-refractivity contribution in [1.82, 2.24) is 10.2 Å². The first-order chi connectivity index (χ1) is 13.6. The molecule has 0 saturated carbocycles. The van der Waals surface area contributed by atoms with Gasteiger partial charge in [-0.05, 0) is 48.0 Å². The molecule has 0 aliphatic heterocycles. The molecular formula is C22H22N2O4. The zero-order valence-electron chi connectivity index (χ0n) is 15.8. The average Bonchev–Trinajstić information content (AvgIpc) is 3.26. The van der Waals surface area contributed by atoms with Crippen LogP contribution in [0.5, 0.6) is 5.75 Å². The molecule has 6 heteroatoms. The number of ether oxygens (including phenoxy) is 1. The molecule has 0 saturated heterocycles.